The number of hydrogen-bond donors (Lipinski definition) is 5. The number of carbonyl (C=O) groups excluding carboxylic acids is 1. The van der Waals surface area contributed by atoms with E-state index in [1.807, 2.05) is 0 Å². The minimum Gasteiger partial charge on any atom is -0.479 e. The van der Waals surface area contributed by atoms with E-state index in [0.29, 0.717) is 18.6 Å². The number of unbranched alkanes of at least 4 members (excludes halogenated alkanes) is 1. The smallest absolute Gasteiger partial charge is 0.336 e. The molecule has 0 aliphatic carbocycles. The molecule has 8 heteroatoms. The minimum absolute atomic E-state index is 0.0756. The number of carboxylic acid groups (broad SMARTS) is 1. The third-order valence-electron chi connectivity index (χ3n) is 1.60. The first kappa shape index (κ1) is 15.6. The topological polar surface area (TPSA) is 113 Å². The lowest BCUT2D eigenvalue weighted by atomic mass is 10.4. The summed E-state index contributed by atoms with van der Waals surface area (Å²) in [6.45, 7) is 0.0756. The number of thiol groups is 1. The Labute approximate surface area is 103 Å². The Morgan fingerprint density at radius 2 is 2.06 bits per heavy atom. The van der Waals surface area contributed by atoms with Crippen molar-refractivity contribution in [3.8, 4) is 0 Å². The van der Waals surface area contributed by atoms with E-state index in [1.54, 1.807) is 0 Å². The monoisotopic (exact) mass is 268 g/mol. The van der Waals surface area contributed by atoms with Crippen LogP contribution in [0.2, 0.25) is 0 Å². The summed E-state index contributed by atoms with van der Waals surface area (Å²) in [5.74, 6) is -1.21. The molecule has 0 aromatic heterocycles. The fourth-order valence-electron chi connectivity index (χ4n) is 0.804. The molecule has 16 heavy (non-hydrogen) atoms. The van der Waals surface area contributed by atoms with Gasteiger partial charge in [-0.05, 0) is 18.6 Å². The first-order chi connectivity index (χ1) is 7.49. The molecule has 0 radical (unpaired) electrons. The Bertz CT molecular complexity index is 238. The third kappa shape index (κ3) is 6.94. The van der Waals surface area contributed by atoms with Crippen molar-refractivity contribution >= 4 is 36.3 Å². The Hall–Kier alpha value is -0.440. The van der Waals surface area contributed by atoms with Gasteiger partial charge in [0.1, 0.15) is 5.37 Å². The van der Waals surface area contributed by atoms with Gasteiger partial charge in [-0.1, -0.05) is 0 Å². The van der Waals surface area contributed by atoms with Gasteiger partial charge in [-0.15, -0.1) is 11.8 Å². The van der Waals surface area contributed by atoms with Gasteiger partial charge in [-0.25, -0.2) is 4.79 Å². The standard InChI is InChI=1S/C8H16N2O4S2/c9-5(15)6(12)10-7(8(13)14)16-4-2-1-3-11/h5,7,11,15H,1-4,9H2,(H,10,12)(H,13,14). The van der Waals surface area contributed by atoms with Crippen molar-refractivity contribution in [1.29, 1.82) is 0 Å². The van der Waals surface area contributed by atoms with E-state index in [9.17, 15) is 9.59 Å². The third-order valence-corrected chi connectivity index (χ3v) is 3.01. The van der Waals surface area contributed by atoms with E-state index < -0.39 is 22.6 Å². The highest BCUT2D eigenvalue weighted by Gasteiger charge is 2.21. The first-order valence-corrected chi connectivity index (χ1v) is 6.25. The van der Waals surface area contributed by atoms with Crippen LogP contribution in [-0.2, 0) is 9.59 Å². The van der Waals surface area contributed by atoms with Gasteiger partial charge in [-0.2, -0.15) is 12.6 Å². The highest BCUT2D eigenvalue weighted by molar-refractivity contribution is 8.00. The molecule has 0 aliphatic heterocycles. The maximum Gasteiger partial charge on any atom is 0.336 e. The number of carboxylic acids is 1. The number of nitrogens with two attached hydrogens (primary N) is 1. The van der Waals surface area contributed by atoms with Gasteiger partial charge in [0.05, 0.1) is 0 Å². The predicted molar refractivity (Wildman–Crippen MR) is 65.3 cm³/mol. The normalized spacial score (nSPS) is 14.2. The van der Waals surface area contributed by atoms with Crippen molar-refractivity contribution in [1.82, 2.24) is 5.32 Å². The van der Waals surface area contributed by atoms with Crippen LogP contribution in [0.5, 0.6) is 0 Å². The molecular weight excluding hydrogens is 252 g/mol. The van der Waals surface area contributed by atoms with Crippen LogP contribution in [0.25, 0.3) is 0 Å². The average molecular weight is 268 g/mol. The number of amides is 1. The summed E-state index contributed by atoms with van der Waals surface area (Å²) in [5.41, 5.74) is 5.18. The van der Waals surface area contributed by atoms with Gasteiger partial charge in [0.2, 0.25) is 5.91 Å². The SMILES string of the molecule is NC(S)C(=O)NC(SCCCCO)C(=O)O. The Morgan fingerprint density at radius 1 is 1.44 bits per heavy atom. The number of aliphatic hydroxyl groups is 1. The summed E-state index contributed by atoms with van der Waals surface area (Å²) >= 11 is 4.77. The van der Waals surface area contributed by atoms with Crippen molar-refractivity contribution in [2.24, 2.45) is 5.73 Å². The number of rotatable bonds is 8. The van der Waals surface area contributed by atoms with Gasteiger partial charge in [0.25, 0.3) is 0 Å². The van der Waals surface area contributed by atoms with Crippen LogP contribution in [0.1, 0.15) is 12.8 Å². The number of aliphatic carboxylic acids is 1. The van der Waals surface area contributed by atoms with Crippen LogP contribution in [0.4, 0.5) is 0 Å². The summed E-state index contributed by atoms with van der Waals surface area (Å²) in [4.78, 5) is 21.9. The molecular formula is C8H16N2O4S2. The van der Waals surface area contributed by atoms with Crippen molar-refractivity contribution < 1.29 is 19.8 Å². The van der Waals surface area contributed by atoms with E-state index in [4.69, 9.17) is 15.9 Å². The summed E-state index contributed by atoms with van der Waals surface area (Å²) in [6, 6.07) is 0. The van der Waals surface area contributed by atoms with Crippen LogP contribution >= 0.6 is 24.4 Å². The van der Waals surface area contributed by atoms with Gasteiger partial charge >= 0.3 is 5.97 Å². The molecule has 94 valence electrons. The molecule has 0 saturated heterocycles. The van der Waals surface area contributed by atoms with Crippen LogP contribution in [-0.4, -0.2) is 45.2 Å². The molecule has 0 spiro atoms. The van der Waals surface area contributed by atoms with Crippen molar-refractivity contribution in [2.45, 2.75) is 23.6 Å². The first-order valence-electron chi connectivity index (χ1n) is 4.68. The number of carbonyl (C=O) groups is 2. The number of hydrogen-bond acceptors (Lipinski definition) is 6. The van der Waals surface area contributed by atoms with Gasteiger partial charge < -0.3 is 21.3 Å². The molecule has 0 aromatic rings. The molecule has 0 bridgehead atoms. The molecule has 2 unspecified atom stereocenters. The minimum atomic E-state index is -1.13. The molecule has 0 fully saturated rings. The fraction of sp³-hybridized carbons (Fsp3) is 0.750. The van der Waals surface area contributed by atoms with Gasteiger partial charge in [0, 0.05) is 6.61 Å². The Morgan fingerprint density at radius 3 is 2.50 bits per heavy atom. The molecule has 5 N–H and O–H groups in total. The summed E-state index contributed by atoms with van der Waals surface area (Å²) in [6.07, 6.45) is 1.30. The average Bonchev–Trinajstić information content (AvgIpc) is 2.21. The number of nitrogens with one attached hydrogen (secondary N) is 1. The Balaban J connectivity index is 3.98. The van der Waals surface area contributed by atoms with Crippen LogP contribution in [0.15, 0.2) is 0 Å². The second-order valence-corrected chi connectivity index (χ2v) is 4.74. The molecule has 0 heterocycles. The fourth-order valence-corrected chi connectivity index (χ4v) is 1.83. The summed E-state index contributed by atoms with van der Waals surface area (Å²) in [7, 11) is 0. The molecule has 6 nitrogen and oxygen atoms in total. The van der Waals surface area contributed by atoms with E-state index in [-0.39, 0.29) is 6.61 Å². The van der Waals surface area contributed by atoms with Crippen LogP contribution in [0.3, 0.4) is 0 Å². The second kappa shape index (κ2) is 8.68. The van der Waals surface area contributed by atoms with Crippen LogP contribution < -0.4 is 11.1 Å². The largest absolute Gasteiger partial charge is 0.479 e. The van der Waals surface area contributed by atoms with Crippen LogP contribution in [0, 0.1) is 0 Å². The van der Waals surface area contributed by atoms with E-state index >= 15 is 0 Å². The van der Waals surface area contributed by atoms with Crippen molar-refractivity contribution in [3.63, 3.8) is 0 Å². The second-order valence-electron chi connectivity index (χ2n) is 2.97. The maximum atomic E-state index is 11.1. The molecule has 0 rings (SSSR count). The summed E-state index contributed by atoms with van der Waals surface area (Å²) < 4.78 is 0. The zero-order valence-electron chi connectivity index (χ0n) is 8.63. The number of aliphatic hydroxyl groups excluding tert-OH is 1. The molecule has 1 amide bonds. The maximum absolute atomic E-state index is 11.1. The lowest BCUT2D eigenvalue weighted by molar-refractivity contribution is -0.139. The quantitative estimate of drug-likeness (QED) is 0.224. The van der Waals surface area contributed by atoms with Gasteiger partial charge in [0.15, 0.2) is 5.37 Å². The zero-order valence-corrected chi connectivity index (χ0v) is 10.3. The van der Waals surface area contributed by atoms with E-state index in [2.05, 4.69) is 17.9 Å². The zero-order chi connectivity index (χ0) is 12.6. The van der Waals surface area contributed by atoms with Crippen molar-refractivity contribution in [2.75, 3.05) is 12.4 Å². The predicted octanol–water partition coefficient (Wildman–Crippen LogP) is -0.766. The number of thioether (sulfide) groups is 1. The van der Waals surface area contributed by atoms with Crippen molar-refractivity contribution in [3.05, 3.63) is 0 Å². The lowest BCUT2D eigenvalue weighted by Gasteiger charge is -2.15. The highest BCUT2D eigenvalue weighted by Crippen LogP contribution is 2.11. The summed E-state index contributed by atoms with van der Waals surface area (Å²) in [5, 5.41) is 17.5. The Kier molecular flexibility index (Phi) is 8.44. The molecule has 0 aromatic carbocycles. The highest BCUT2D eigenvalue weighted by atomic mass is 32.2. The molecule has 0 saturated carbocycles. The van der Waals surface area contributed by atoms with E-state index in [1.165, 1.54) is 0 Å². The lowest BCUT2D eigenvalue weighted by Crippen LogP contribution is -2.45. The van der Waals surface area contributed by atoms with Gasteiger partial charge in [-0.3, -0.25) is 4.79 Å². The molecule has 2 atom stereocenters. The van der Waals surface area contributed by atoms with E-state index in [0.717, 1.165) is 11.8 Å². The molecule has 0 aliphatic rings.